The lowest BCUT2D eigenvalue weighted by atomic mass is 10.2. The van der Waals surface area contributed by atoms with Gasteiger partial charge in [0.15, 0.2) is 0 Å². The van der Waals surface area contributed by atoms with E-state index >= 15 is 0 Å². The molecule has 0 fully saturated rings. The number of anilines is 1. The molecular weight excluding hydrogens is 315 g/mol. The SMILES string of the molecule is O=C(CSc1ccc(O)cc1)Nc1ccc(C(F)(F)F)cc1. The van der Waals surface area contributed by atoms with Crippen LogP contribution in [0.15, 0.2) is 53.4 Å². The largest absolute Gasteiger partial charge is 0.508 e. The smallest absolute Gasteiger partial charge is 0.416 e. The predicted molar refractivity (Wildman–Crippen MR) is 78.9 cm³/mol. The van der Waals surface area contributed by atoms with Crippen molar-refractivity contribution in [3.8, 4) is 5.75 Å². The molecule has 116 valence electrons. The minimum Gasteiger partial charge on any atom is -0.508 e. The van der Waals surface area contributed by atoms with Gasteiger partial charge in [0.25, 0.3) is 0 Å². The topological polar surface area (TPSA) is 49.3 Å². The molecule has 0 radical (unpaired) electrons. The van der Waals surface area contributed by atoms with E-state index in [4.69, 9.17) is 5.11 Å². The maximum absolute atomic E-state index is 12.4. The molecule has 0 saturated heterocycles. The average molecular weight is 327 g/mol. The number of amides is 1. The number of hydrogen-bond donors (Lipinski definition) is 2. The van der Waals surface area contributed by atoms with Crippen molar-refractivity contribution in [2.75, 3.05) is 11.1 Å². The molecule has 2 aromatic rings. The summed E-state index contributed by atoms with van der Waals surface area (Å²) in [7, 11) is 0. The standard InChI is InChI=1S/C15H12F3NO2S/c16-15(17,18)10-1-3-11(4-2-10)19-14(21)9-22-13-7-5-12(20)6-8-13/h1-8,20H,9H2,(H,19,21). The van der Waals surface area contributed by atoms with Gasteiger partial charge in [-0.3, -0.25) is 4.79 Å². The van der Waals surface area contributed by atoms with Crippen molar-refractivity contribution in [3.63, 3.8) is 0 Å². The molecule has 0 aromatic heterocycles. The number of phenolic OH excluding ortho intramolecular Hbond substituents is 1. The lowest BCUT2D eigenvalue weighted by Crippen LogP contribution is -2.14. The monoisotopic (exact) mass is 327 g/mol. The molecule has 0 saturated carbocycles. The highest BCUT2D eigenvalue weighted by atomic mass is 32.2. The van der Waals surface area contributed by atoms with Gasteiger partial charge in [-0.15, -0.1) is 11.8 Å². The van der Waals surface area contributed by atoms with E-state index in [0.29, 0.717) is 5.69 Å². The van der Waals surface area contributed by atoms with Crippen LogP contribution in [-0.4, -0.2) is 16.8 Å². The molecule has 3 nitrogen and oxygen atoms in total. The molecule has 7 heteroatoms. The normalized spacial score (nSPS) is 11.2. The van der Waals surface area contributed by atoms with E-state index in [1.165, 1.54) is 36.0 Å². The second-order valence-electron chi connectivity index (χ2n) is 4.41. The summed E-state index contributed by atoms with van der Waals surface area (Å²) in [6.45, 7) is 0. The van der Waals surface area contributed by atoms with Crippen LogP contribution in [0.2, 0.25) is 0 Å². The third-order valence-electron chi connectivity index (χ3n) is 2.70. The Hall–Kier alpha value is -2.15. The van der Waals surface area contributed by atoms with Crippen molar-refractivity contribution in [1.82, 2.24) is 0 Å². The van der Waals surface area contributed by atoms with Crippen molar-refractivity contribution < 1.29 is 23.1 Å². The summed E-state index contributed by atoms with van der Waals surface area (Å²) in [5.41, 5.74) is -0.451. The van der Waals surface area contributed by atoms with Gasteiger partial charge in [0.1, 0.15) is 5.75 Å². The van der Waals surface area contributed by atoms with Crippen LogP contribution in [0.25, 0.3) is 0 Å². The van der Waals surface area contributed by atoms with Gasteiger partial charge in [-0.25, -0.2) is 0 Å². The number of aromatic hydroxyl groups is 1. The number of nitrogens with one attached hydrogen (secondary N) is 1. The zero-order valence-corrected chi connectivity index (χ0v) is 12.0. The Morgan fingerprint density at radius 2 is 1.64 bits per heavy atom. The summed E-state index contributed by atoms with van der Waals surface area (Å²) < 4.78 is 37.2. The van der Waals surface area contributed by atoms with E-state index < -0.39 is 11.7 Å². The second-order valence-corrected chi connectivity index (χ2v) is 5.45. The molecule has 2 N–H and O–H groups in total. The van der Waals surface area contributed by atoms with Gasteiger partial charge in [0.05, 0.1) is 11.3 Å². The summed E-state index contributed by atoms with van der Waals surface area (Å²) in [5.74, 6) is -0.0670. The molecule has 0 atom stereocenters. The van der Waals surface area contributed by atoms with Gasteiger partial charge >= 0.3 is 6.18 Å². The minimum absolute atomic E-state index is 0.117. The molecule has 0 unspecified atom stereocenters. The van der Waals surface area contributed by atoms with E-state index in [9.17, 15) is 18.0 Å². The van der Waals surface area contributed by atoms with Crippen LogP contribution in [0.5, 0.6) is 5.75 Å². The average Bonchev–Trinajstić information content (AvgIpc) is 2.46. The Labute approximate surface area is 129 Å². The molecule has 0 aliphatic rings. The van der Waals surface area contributed by atoms with Crippen molar-refractivity contribution >= 4 is 23.4 Å². The molecular formula is C15H12F3NO2S. The fourth-order valence-corrected chi connectivity index (χ4v) is 2.33. The van der Waals surface area contributed by atoms with E-state index in [1.807, 2.05) is 0 Å². The maximum atomic E-state index is 12.4. The van der Waals surface area contributed by atoms with E-state index in [-0.39, 0.29) is 17.4 Å². The number of hydrogen-bond acceptors (Lipinski definition) is 3. The van der Waals surface area contributed by atoms with Crippen LogP contribution < -0.4 is 5.32 Å². The van der Waals surface area contributed by atoms with Crippen LogP contribution in [0.1, 0.15) is 5.56 Å². The number of carbonyl (C=O) groups excluding carboxylic acids is 1. The van der Waals surface area contributed by atoms with Gasteiger partial charge in [0.2, 0.25) is 5.91 Å². The van der Waals surface area contributed by atoms with Crippen LogP contribution in [0, 0.1) is 0 Å². The molecule has 0 bridgehead atoms. The number of thioether (sulfide) groups is 1. The maximum Gasteiger partial charge on any atom is 0.416 e. The van der Waals surface area contributed by atoms with Gasteiger partial charge in [0, 0.05) is 10.6 Å². The van der Waals surface area contributed by atoms with E-state index in [2.05, 4.69) is 5.32 Å². The number of halogens is 3. The van der Waals surface area contributed by atoms with Crippen LogP contribution in [0.4, 0.5) is 18.9 Å². The highest BCUT2D eigenvalue weighted by molar-refractivity contribution is 8.00. The summed E-state index contributed by atoms with van der Waals surface area (Å²) in [6.07, 6.45) is -4.39. The quantitative estimate of drug-likeness (QED) is 0.830. The first-order valence-corrected chi connectivity index (χ1v) is 7.22. The summed E-state index contributed by atoms with van der Waals surface area (Å²) in [4.78, 5) is 12.5. The van der Waals surface area contributed by atoms with Crippen molar-refractivity contribution in [1.29, 1.82) is 0 Å². The molecule has 0 aliphatic heterocycles. The molecule has 1 amide bonds. The fourth-order valence-electron chi connectivity index (χ4n) is 1.63. The number of phenols is 1. The predicted octanol–water partition coefficient (Wildman–Crippen LogP) is 4.14. The second kappa shape index (κ2) is 6.74. The first-order valence-electron chi connectivity index (χ1n) is 6.23. The van der Waals surface area contributed by atoms with Crippen molar-refractivity contribution in [3.05, 3.63) is 54.1 Å². The lowest BCUT2D eigenvalue weighted by Gasteiger charge is -2.08. The Bertz CT molecular complexity index is 639. The highest BCUT2D eigenvalue weighted by Crippen LogP contribution is 2.29. The van der Waals surface area contributed by atoms with Gasteiger partial charge < -0.3 is 10.4 Å². The molecule has 22 heavy (non-hydrogen) atoms. The molecule has 0 spiro atoms. The Morgan fingerprint density at radius 3 is 2.18 bits per heavy atom. The fraction of sp³-hybridized carbons (Fsp3) is 0.133. The first-order chi connectivity index (χ1) is 10.3. The van der Waals surface area contributed by atoms with Crippen molar-refractivity contribution in [2.45, 2.75) is 11.1 Å². The molecule has 2 aromatic carbocycles. The van der Waals surface area contributed by atoms with Crippen LogP contribution in [0.3, 0.4) is 0 Å². The Balaban J connectivity index is 1.88. The Kier molecular flexibility index (Phi) is 4.97. The summed E-state index contributed by atoms with van der Waals surface area (Å²) in [6, 6.07) is 10.6. The number of benzene rings is 2. The van der Waals surface area contributed by atoms with Gasteiger partial charge in [-0.2, -0.15) is 13.2 Å². The zero-order chi connectivity index (χ0) is 16.2. The minimum atomic E-state index is -4.39. The number of alkyl halides is 3. The van der Waals surface area contributed by atoms with Crippen molar-refractivity contribution in [2.24, 2.45) is 0 Å². The van der Waals surface area contributed by atoms with E-state index in [1.54, 1.807) is 12.1 Å². The molecule has 0 aliphatic carbocycles. The third kappa shape index (κ3) is 4.70. The molecule has 2 rings (SSSR count). The van der Waals surface area contributed by atoms with Crippen LogP contribution in [-0.2, 0) is 11.0 Å². The van der Waals surface area contributed by atoms with Gasteiger partial charge in [-0.05, 0) is 48.5 Å². The summed E-state index contributed by atoms with van der Waals surface area (Å²) >= 11 is 1.26. The van der Waals surface area contributed by atoms with Crippen LogP contribution >= 0.6 is 11.8 Å². The number of carbonyl (C=O) groups is 1. The van der Waals surface area contributed by atoms with Gasteiger partial charge in [-0.1, -0.05) is 0 Å². The highest BCUT2D eigenvalue weighted by Gasteiger charge is 2.29. The molecule has 0 heterocycles. The zero-order valence-electron chi connectivity index (χ0n) is 11.2. The Morgan fingerprint density at radius 1 is 1.05 bits per heavy atom. The summed E-state index contributed by atoms with van der Waals surface area (Å²) in [5, 5.41) is 11.7. The van der Waals surface area contributed by atoms with E-state index in [0.717, 1.165) is 17.0 Å². The first kappa shape index (κ1) is 16.2. The third-order valence-corrected chi connectivity index (χ3v) is 3.71. The lowest BCUT2D eigenvalue weighted by molar-refractivity contribution is -0.137. The number of rotatable bonds is 4.